The number of rotatable bonds is 5. The molecule has 2 aromatic heterocycles. The number of aromatic nitrogens is 3. The van der Waals surface area contributed by atoms with E-state index in [4.69, 9.17) is 0 Å². The Kier molecular flexibility index (Phi) is 4.10. The summed E-state index contributed by atoms with van der Waals surface area (Å²) in [6, 6.07) is 6.46. The lowest BCUT2D eigenvalue weighted by Gasteiger charge is -2.15. The molecule has 0 aromatic carbocycles. The van der Waals surface area contributed by atoms with E-state index in [0.29, 0.717) is 6.04 Å². The maximum absolute atomic E-state index is 4.53. The molecule has 0 aliphatic carbocycles. The predicted molar refractivity (Wildman–Crippen MR) is 72.8 cm³/mol. The molecule has 0 aliphatic rings. The van der Waals surface area contributed by atoms with Crippen LogP contribution >= 0.6 is 0 Å². The van der Waals surface area contributed by atoms with E-state index in [1.54, 1.807) is 0 Å². The molecule has 0 radical (unpaired) electrons. The number of hydrogen-bond donors (Lipinski definition) is 1. The summed E-state index contributed by atoms with van der Waals surface area (Å²) in [6.45, 7) is 7.22. The van der Waals surface area contributed by atoms with Crippen molar-refractivity contribution >= 4 is 0 Å². The van der Waals surface area contributed by atoms with Crippen LogP contribution in [0.1, 0.15) is 37.7 Å². The molecule has 4 nitrogen and oxygen atoms in total. The summed E-state index contributed by atoms with van der Waals surface area (Å²) in [6.07, 6.45) is 4.87. The molecule has 0 fully saturated rings. The first-order valence-corrected chi connectivity index (χ1v) is 6.46. The topological polar surface area (TPSA) is 42.7 Å². The Morgan fingerprint density at radius 1 is 1.28 bits per heavy atom. The van der Waals surface area contributed by atoms with E-state index < -0.39 is 0 Å². The first-order chi connectivity index (χ1) is 8.74. The average molecular weight is 244 g/mol. The zero-order valence-electron chi connectivity index (χ0n) is 11.2. The van der Waals surface area contributed by atoms with Crippen LogP contribution in [0.5, 0.6) is 0 Å². The van der Waals surface area contributed by atoms with Crippen LogP contribution in [0.4, 0.5) is 0 Å². The lowest BCUT2D eigenvalue weighted by molar-refractivity contribution is 0.524. The fraction of sp³-hybridized carbons (Fsp3) is 0.429. The van der Waals surface area contributed by atoms with Crippen LogP contribution in [0.3, 0.4) is 0 Å². The van der Waals surface area contributed by atoms with E-state index in [1.165, 1.54) is 0 Å². The van der Waals surface area contributed by atoms with Crippen LogP contribution in [-0.2, 0) is 0 Å². The largest absolute Gasteiger partial charge is 0.309 e. The van der Waals surface area contributed by atoms with Crippen LogP contribution in [0.15, 0.2) is 30.6 Å². The molecule has 0 saturated heterocycles. The maximum atomic E-state index is 4.53. The van der Waals surface area contributed by atoms with Crippen molar-refractivity contribution in [1.82, 2.24) is 20.1 Å². The van der Waals surface area contributed by atoms with Crippen LogP contribution in [0.25, 0.3) is 5.69 Å². The zero-order chi connectivity index (χ0) is 13.0. The van der Waals surface area contributed by atoms with Gasteiger partial charge in [0.25, 0.3) is 0 Å². The molecule has 0 spiro atoms. The van der Waals surface area contributed by atoms with Gasteiger partial charge in [-0.25, -0.2) is 4.68 Å². The van der Waals surface area contributed by atoms with E-state index in [0.717, 1.165) is 30.0 Å². The van der Waals surface area contributed by atoms with Gasteiger partial charge in [-0.2, -0.15) is 5.10 Å². The van der Waals surface area contributed by atoms with Gasteiger partial charge < -0.3 is 5.32 Å². The highest BCUT2D eigenvalue weighted by Crippen LogP contribution is 2.15. The third-order valence-corrected chi connectivity index (χ3v) is 2.97. The van der Waals surface area contributed by atoms with Crippen LogP contribution in [0.2, 0.25) is 0 Å². The van der Waals surface area contributed by atoms with Crippen molar-refractivity contribution in [3.8, 4) is 5.69 Å². The highest BCUT2D eigenvalue weighted by atomic mass is 15.3. The molecule has 2 heterocycles. The van der Waals surface area contributed by atoms with E-state index >= 15 is 0 Å². The third-order valence-electron chi connectivity index (χ3n) is 2.97. The van der Waals surface area contributed by atoms with Gasteiger partial charge >= 0.3 is 0 Å². The molecule has 4 heteroatoms. The summed E-state index contributed by atoms with van der Waals surface area (Å²) in [5, 5.41) is 7.80. The lowest BCUT2D eigenvalue weighted by atomic mass is 10.1. The standard InChI is InChI=1S/C14H20N4/c1-4-13(15-5-2)14-7-6-12(10-16-14)18-9-8-11(3)17-18/h6-10,13,15H,4-5H2,1-3H3. The molecule has 0 amide bonds. The van der Waals surface area contributed by atoms with Gasteiger partial charge in [-0.05, 0) is 38.1 Å². The van der Waals surface area contributed by atoms with E-state index in [-0.39, 0.29) is 0 Å². The van der Waals surface area contributed by atoms with Gasteiger partial charge in [-0.15, -0.1) is 0 Å². The summed E-state index contributed by atoms with van der Waals surface area (Å²) < 4.78 is 1.85. The molecule has 2 aromatic rings. The second-order valence-corrected chi connectivity index (χ2v) is 4.36. The van der Waals surface area contributed by atoms with Crippen molar-refractivity contribution in [1.29, 1.82) is 0 Å². The van der Waals surface area contributed by atoms with Crippen molar-refractivity contribution in [3.05, 3.63) is 42.0 Å². The molecule has 96 valence electrons. The molecular weight excluding hydrogens is 224 g/mol. The number of hydrogen-bond acceptors (Lipinski definition) is 3. The highest BCUT2D eigenvalue weighted by Gasteiger charge is 2.09. The van der Waals surface area contributed by atoms with Gasteiger partial charge in [-0.1, -0.05) is 13.8 Å². The average Bonchev–Trinajstić information content (AvgIpc) is 2.83. The minimum Gasteiger partial charge on any atom is -0.309 e. The van der Waals surface area contributed by atoms with Crippen molar-refractivity contribution in [3.63, 3.8) is 0 Å². The second kappa shape index (κ2) is 5.78. The Hall–Kier alpha value is -1.68. The molecule has 0 bridgehead atoms. The predicted octanol–water partition coefficient (Wildman–Crippen LogP) is 2.64. The Morgan fingerprint density at radius 2 is 2.11 bits per heavy atom. The number of nitrogens with zero attached hydrogens (tertiary/aromatic N) is 3. The van der Waals surface area contributed by atoms with Crippen molar-refractivity contribution in [2.75, 3.05) is 6.54 Å². The van der Waals surface area contributed by atoms with Gasteiger partial charge in [-0.3, -0.25) is 4.98 Å². The number of pyridine rings is 1. The minimum atomic E-state index is 0.336. The highest BCUT2D eigenvalue weighted by molar-refractivity contribution is 5.29. The van der Waals surface area contributed by atoms with Crippen molar-refractivity contribution in [2.24, 2.45) is 0 Å². The van der Waals surface area contributed by atoms with E-state index in [1.807, 2.05) is 30.1 Å². The molecule has 2 rings (SSSR count). The normalized spacial score (nSPS) is 12.6. The Balaban J connectivity index is 2.19. The first kappa shape index (κ1) is 12.8. The molecule has 1 atom stereocenters. The van der Waals surface area contributed by atoms with E-state index in [2.05, 4.69) is 41.4 Å². The summed E-state index contributed by atoms with van der Waals surface area (Å²) in [4.78, 5) is 4.53. The molecule has 1 N–H and O–H groups in total. The third kappa shape index (κ3) is 2.76. The number of nitrogens with one attached hydrogen (secondary N) is 1. The van der Waals surface area contributed by atoms with E-state index in [9.17, 15) is 0 Å². The fourth-order valence-corrected chi connectivity index (χ4v) is 2.00. The zero-order valence-corrected chi connectivity index (χ0v) is 11.2. The molecule has 18 heavy (non-hydrogen) atoms. The van der Waals surface area contributed by atoms with Gasteiger partial charge in [0.1, 0.15) is 0 Å². The first-order valence-electron chi connectivity index (χ1n) is 6.46. The maximum Gasteiger partial charge on any atom is 0.0829 e. The second-order valence-electron chi connectivity index (χ2n) is 4.36. The van der Waals surface area contributed by atoms with Gasteiger partial charge in [0.05, 0.1) is 23.3 Å². The van der Waals surface area contributed by atoms with Crippen molar-refractivity contribution in [2.45, 2.75) is 33.2 Å². The summed E-state index contributed by atoms with van der Waals surface area (Å²) in [7, 11) is 0. The quantitative estimate of drug-likeness (QED) is 0.879. The molecule has 0 saturated carbocycles. The van der Waals surface area contributed by atoms with Gasteiger partial charge in [0, 0.05) is 12.2 Å². The van der Waals surface area contributed by atoms with Crippen LogP contribution < -0.4 is 5.32 Å². The Labute approximate surface area is 108 Å². The van der Waals surface area contributed by atoms with Crippen LogP contribution in [-0.4, -0.2) is 21.3 Å². The van der Waals surface area contributed by atoms with Crippen molar-refractivity contribution < 1.29 is 0 Å². The summed E-state index contributed by atoms with van der Waals surface area (Å²) in [5.74, 6) is 0. The smallest absolute Gasteiger partial charge is 0.0829 e. The lowest BCUT2D eigenvalue weighted by Crippen LogP contribution is -2.21. The fourth-order valence-electron chi connectivity index (χ4n) is 2.00. The summed E-state index contributed by atoms with van der Waals surface area (Å²) in [5.41, 5.74) is 3.10. The number of aryl methyl sites for hydroxylation is 1. The monoisotopic (exact) mass is 244 g/mol. The Bertz CT molecular complexity index is 487. The van der Waals surface area contributed by atoms with Gasteiger partial charge in [0.2, 0.25) is 0 Å². The van der Waals surface area contributed by atoms with Gasteiger partial charge in [0.15, 0.2) is 0 Å². The molecule has 1 unspecified atom stereocenters. The SMILES string of the molecule is CCNC(CC)c1ccc(-n2ccc(C)n2)cn1. The molecular formula is C14H20N4. The van der Waals surface area contributed by atoms with Crippen LogP contribution in [0, 0.1) is 6.92 Å². The minimum absolute atomic E-state index is 0.336. The Morgan fingerprint density at radius 3 is 2.61 bits per heavy atom. The summed E-state index contributed by atoms with van der Waals surface area (Å²) >= 11 is 0. The molecule has 0 aliphatic heterocycles.